The molecular weight excluding hydrogens is 240 g/mol. The van der Waals surface area contributed by atoms with Crippen LogP contribution in [0.15, 0.2) is 54.2 Å². The molecule has 0 bridgehead atoms. The third kappa shape index (κ3) is 2.09. The van der Waals surface area contributed by atoms with Crippen molar-refractivity contribution in [2.45, 2.75) is 13.0 Å². The Labute approximate surface area is 110 Å². The molecular formula is C15H14N2S. The summed E-state index contributed by atoms with van der Waals surface area (Å²) in [5.41, 5.74) is 1.14. The van der Waals surface area contributed by atoms with Crippen LogP contribution in [0, 0.1) is 0 Å². The highest BCUT2D eigenvalue weighted by Gasteiger charge is 2.08. The van der Waals surface area contributed by atoms with Gasteiger partial charge in [-0.05, 0) is 35.9 Å². The lowest BCUT2D eigenvalue weighted by Gasteiger charge is -2.15. The lowest BCUT2D eigenvalue weighted by Crippen LogP contribution is -2.05. The van der Waals surface area contributed by atoms with Crippen LogP contribution in [-0.2, 0) is 0 Å². The molecule has 0 radical (unpaired) electrons. The van der Waals surface area contributed by atoms with E-state index < -0.39 is 0 Å². The van der Waals surface area contributed by atoms with Crippen molar-refractivity contribution in [1.82, 2.24) is 4.98 Å². The number of rotatable bonds is 3. The highest BCUT2D eigenvalue weighted by Crippen LogP contribution is 2.27. The van der Waals surface area contributed by atoms with Crippen molar-refractivity contribution in [3.63, 3.8) is 0 Å². The summed E-state index contributed by atoms with van der Waals surface area (Å²) in [6.07, 6.45) is 3.74. The van der Waals surface area contributed by atoms with Crippen LogP contribution in [0.3, 0.4) is 0 Å². The van der Waals surface area contributed by atoms with E-state index in [-0.39, 0.29) is 0 Å². The van der Waals surface area contributed by atoms with Gasteiger partial charge in [-0.3, -0.25) is 4.98 Å². The predicted octanol–water partition coefficient (Wildman–Crippen LogP) is 4.47. The topological polar surface area (TPSA) is 24.9 Å². The van der Waals surface area contributed by atoms with Gasteiger partial charge in [0.15, 0.2) is 0 Å². The Bertz CT molecular complexity index is 641. The molecule has 0 saturated heterocycles. The SMILES string of the molecule is CC(Nc1cccc2ccncc12)c1cccs1. The first kappa shape index (κ1) is 11.2. The summed E-state index contributed by atoms with van der Waals surface area (Å²) in [5, 5.41) is 8.05. The van der Waals surface area contributed by atoms with E-state index in [1.807, 2.05) is 18.5 Å². The van der Waals surface area contributed by atoms with Gasteiger partial charge in [0.05, 0.1) is 6.04 Å². The quantitative estimate of drug-likeness (QED) is 0.746. The van der Waals surface area contributed by atoms with E-state index in [0.29, 0.717) is 6.04 Å². The van der Waals surface area contributed by atoms with Gasteiger partial charge in [0.1, 0.15) is 0 Å². The molecule has 3 rings (SSSR count). The molecule has 1 unspecified atom stereocenters. The van der Waals surface area contributed by atoms with Crippen molar-refractivity contribution in [3.8, 4) is 0 Å². The third-order valence-electron chi connectivity index (χ3n) is 3.03. The number of hydrogen-bond acceptors (Lipinski definition) is 3. The zero-order valence-corrected chi connectivity index (χ0v) is 10.9. The molecule has 0 fully saturated rings. The van der Waals surface area contributed by atoms with Gasteiger partial charge >= 0.3 is 0 Å². The molecule has 2 nitrogen and oxygen atoms in total. The van der Waals surface area contributed by atoms with Gasteiger partial charge < -0.3 is 5.32 Å². The second-order valence-electron chi connectivity index (χ2n) is 4.28. The highest BCUT2D eigenvalue weighted by atomic mass is 32.1. The summed E-state index contributed by atoms with van der Waals surface area (Å²) < 4.78 is 0. The molecule has 2 aromatic heterocycles. The Morgan fingerprint density at radius 3 is 2.94 bits per heavy atom. The number of pyridine rings is 1. The van der Waals surface area contributed by atoms with Gasteiger partial charge in [0, 0.05) is 28.3 Å². The zero-order chi connectivity index (χ0) is 12.4. The molecule has 2 heterocycles. The molecule has 3 heteroatoms. The zero-order valence-electron chi connectivity index (χ0n) is 10.1. The number of hydrogen-bond donors (Lipinski definition) is 1. The fourth-order valence-electron chi connectivity index (χ4n) is 2.08. The summed E-state index contributed by atoms with van der Waals surface area (Å²) in [4.78, 5) is 5.55. The van der Waals surface area contributed by atoms with E-state index in [9.17, 15) is 0 Å². The van der Waals surface area contributed by atoms with E-state index in [0.717, 1.165) is 5.69 Å². The van der Waals surface area contributed by atoms with Gasteiger partial charge in [-0.25, -0.2) is 0 Å². The second-order valence-corrected chi connectivity index (χ2v) is 5.26. The molecule has 3 aromatic rings. The Morgan fingerprint density at radius 1 is 1.17 bits per heavy atom. The van der Waals surface area contributed by atoms with Crippen molar-refractivity contribution in [2.24, 2.45) is 0 Å². The van der Waals surface area contributed by atoms with E-state index in [2.05, 4.69) is 52.9 Å². The van der Waals surface area contributed by atoms with Crippen LogP contribution in [0.4, 0.5) is 5.69 Å². The summed E-state index contributed by atoms with van der Waals surface area (Å²) in [6.45, 7) is 2.18. The fourth-order valence-corrected chi connectivity index (χ4v) is 2.82. The summed E-state index contributed by atoms with van der Waals surface area (Å²) in [6, 6.07) is 12.9. The fraction of sp³-hybridized carbons (Fsp3) is 0.133. The normalized spacial score (nSPS) is 12.5. The number of nitrogens with zero attached hydrogens (tertiary/aromatic N) is 1. The Hall–Kier alpha value is -1.87. The molecule has 0 spiro atoms. The number of nitrogens with one attached hydrogen (secondary N) is 1. The Balaban J connectivity index is 1.95. The largest absolute Gasteiger partial charge is 0.377 e. The van der Waals surface area contributed by atoms with E-state index in [1.165, 1.54) is 15.6 Å². The van der Waals surface area contributed by atoms with Crippen LogP contribution in [-0.4, -0.2) is 4.98 Å². The van der Waals surface area contributed by atoms with Crippen LogP contribution in [0.1, 0.15) is 17.8 Å². The molecule has 1 atom stereocenters. The lowest BCUT2D eigenvalue weighted by atomic mass is 10.1. The first-order valence-electron chi connectivity index (χ1n) is 5.97. The maximum absolute atomic E-state index is 4.21. The molecule has 0 amide bonds. The van der Waals surface area contributed by atoms with E-state index in [1.54, 1.807) is 11.3 Å². The maximum Gasteiger partial charge on any atom is 0.0578 e. The van der Waals surface area contributed by atoms with Crippen LogP contribution in [0.25, 0.3) is 10.8 Å². The lowest BCUT2D eigenvalue weighted by molar-refractivity contribution is 0.910. The van der Waals surface area contributed by atoms with E-state index >= 15 is 0 Å². The van der Waals surface area contributed by atoms with Crippen molar-refractivity contribution in [3.05, 3.63) is 59.0 Å². The van der Waals surface area contributed by atoms with Crippen molar-refractivity contribution in [2.75, 3.05) is 5.32 Å². The van der Waals surface area contributed by atoms with Crippen LogP contribution >= 0.6 is 11.3 Å². The minimum absolute atomic E-state index is 0.316. The minimum Gasteiger partial charge on any atom is -0.377 e. The summed E-state index contributed by atoms with van der Waals surface area (Å²) in [5.74, 6) is 0. The van der Waals surface area contributed by atoms with Crippen molar-refractivity contribution < 1.29 is 0 Å². The van der Waals surface area contributed by atoms with Gasteiger partial charge in [-0.1, -0.05) is 18.2 Å². The first-order chi connectivity index (χ1) is 8.84. The van der Waals surface area contributed by atoms with Crippen molar-refractivity contribution in [1.29, 1.82) is 0 Å². The minimum atomic E-state index is 0.316. The molecule has 18 heavy (non-hydrogen) atoms. The first-order valence-corrected chi connectivity index (χ1v) is 6.85. The van der Waals surface area contributed by atoms with Gasteiger partial charge in [0.2, 0.25) is 0 Å². The third-order valence-corrected chi connectivity index (χ3v) is 4.08. The molecule has 0 saturated carbocycles. The molecule has 90 valence electrons. The predicted molar refractivity (Wildman–Crippen MR) is 78.1 cm³/mol. The molecule has 0 aliphatic rings. The number of fused-ring (bicyclic) bond motifs is 1. The van der Waals surface area contributed by atoms with Crippen LogP contribution in [0.2, 0.25) is 0 Å². The highest BCUT2D eigenvalue weighted by molar-refractivity contribution is 7.10. The Kier molecular flexibility index (Phi) is 2.99. The average molecular weight is 254 g/mol. The maximum atomic E-state index is 4.21. The number of benzene rings is 1. The van der Waals surface area contributed by atoms with Crippen LogP contribution in [0.5, 0.6) is 0 Å². The number of thiophene rings is 1. The number of aromatic nitrogens is 1. The van der Waals surface area contributed by atoms with Crippen LogP contribution < -0.4 is 5.32 Å². The monoisotopic (exact) mass is 254 g/mol. The smallest absolute Gasteiger partial charge is 0.0578 e. The Morgan fingerprint density at radius 2 is 2.11 bits per heavy atom. The summed E-state index contributed by atoms with van der Waals surface area (Å²) in [7, 11) is 0. The van der Waals surface area contributed by atoms with Gasteiger partial charge in [-0.2, -0.15) is 0 Å². The standard InChI is InChI=1S/C15H14N2S/c1-11(15-6-3-9-18-15)17-14-5-2-4-12-7-8-16-10-13(12)14/h2-11,17H,1H3. The average Bonchev–Trinajstić information content (AvgIpc) is 2.93. The molecule has 1 N–H and O–H groups in total. The van der Waals surface area contributed by atoms with Gasteiger partial charge in [0.25, 0.3) is 0 Å². The molecule has 0 aliphatic carbocycles. The molecule has 1 aromatic carbocycles. The summed E-state index contributed by atoms with van der Waals surface area (Å²) >= 11 is 1.78. The van der Waals surface area contributed by atoms with Gasteiger partial charge in [-0.15, -0.1) is 11.3 Å². The number of anilines is 1. The van der Waals surface area contributed by atoms with Crippen molar-refractivity contribution >= 4 is 27.8 Å². The molecule has 0 aliphatic heterocycles. The van der Waals surface area contributed by atoms with E-state index in [4.69, 9.17) is 0 Å². The second kappa shape index (κ2) is 4.78.